The summed E-state index contributed by atoms with van der Waals surface area (Å²) in [5.41, 5.74) is 0. The molecule has 0 aromatic rings. The molecular weight excluding hydrogens is 757 g/mol. The maximum Gasteiger partial charge on any atom is 1.00 e. The van der Waals surface area contributed by atoms with Crippen molar-refractivity contribution in [2.24, 2.45) is 0 Å². The number of rotatable bonds is 39. The molecule has 0 rings (SSSR count). The van der Waals surface area contributed by atoms with Gasteiger partial charge in [-0.3, -0.25) is 4.79 Å². The molecule has 0 heterocycles. The summed E-state index contributed by atoms with van der Waals surface area (Å²) >= 11 is 0. The summed E-state index contributed by atoms with van der Waals surface area (Å²) in [7, 11) is 0. The SMILES string of the molecule is CCCCCCCCCCCC[CH-]CN(CCCO)CCCCCCCC(=O)OC(CCCCCCCC)CCCCCCCC.[Os+]. The van der Waals surface area contributed by atoms with Gasteiger partial charge in [0.2, 0.25) is 0 Å². The number of hydrogen-bond donors (Lipinski definition) is 1. The summed E-state index contributed by atoms with van der Waals surface area (Å²) in [4.78, 5) is 15.2. The van der Waals surface area contributed by atoms with Crippen LogP contribution in [-0.2, 0) is 29.3 Å². The molecule has 0 amide bonds. The van der Waals surface area contributed by atoms with Crippen molar-refractivity contribution in [1.29, 1.82) is 0 Å². The Balaban J connectivity index is 0. The van der Waals surface area contributed by atoms with Gasteiger partial charge >= 0.3 is 25.8 Å². The van der Waals surface area contributed by atoms with Crippen molar-refractivity contribution < 1.29 is 34.4 Å². The van der Waals surface area contributed by atoms with Crippen LogP contribution in [0, 0.1) is 6.42 Å². The van der Waals surface area contributed by atoms with Gasteiger partial charge in [0, 0.05) is 13.0 Å². The van der Waals surface area contributed by atoms with E-state index in [1.54, 1.807) is 0 Å². The van der Waals surface area contributed by atoms with Crippen molar-refractivity contribution in [1.82, 2.24) is 4.90 Å². The van der Waals surface area contributed by atoms with Gasteiger partial charge in [0.15, 0.2) is 0 Å². The second kappa shape index (κ2) is 42.2. The molecule has 0 fully saturated rings. The molecule has 0 aromatic carbocycles. The second-order valence-electron chi connectivity index (χ2n) is 14.4. The van der Waals surface area contributed by atoms with Crippen molar-refractivity contribution in [3.8, 4) is 0 Å². The molecule has 0 aliphatic carbocycles. The minimum Gasteiger partial charge on any atom is -0.462 e. The standard InChI is InChI=1S/C42H84NO3.Os/c1-4-7-10-13-16-17-18-19-20-21-26-31-37-43(39-33-40-44)38-32-27-22-25-30-36-42(45)46-41(34-28-23-14-11-8-5-2)35-29-24-15-12-9-6-3;/h31,41,44H,4-30,32-40H2,1-3H3;/q-1;+1. The Kier molecular flexibility index (Phi) is 44.1. The Morgan fingerprint density at radius 3 is 1.45 bits per heavy atom. The number of unbranched alkanes of at least 4 members (excludes halogenated alkanes) is 25. The Hall–Kier alpha value is 0.0264. The van der Waals surface area contributed by atoms with E-state index in [0.29, 0.717) is 6.42 Å². The van der Waals surface area contributed by atoms with Gasteiger partial charge < -0.3 is 21.2 Å². The monoisotopic (exact) mass is 843 g/mol. The number of aliphatic hydroxyl groups is 1. The van der Waals surface area contributed by atoms with E-state index < -0.39 is 0 Å². The van der Waals surface area contributed by atoms with Gasteiger partial charge in [-0.15, -0.1) is 6.54 Å². The van der Waals surface area contributed by atoms with Gasteiger partial charge in [-0.1, -0.05) is 168 Å². The average Bonchev–Trinajstić information content (AvgIpc) is 3.06. The largest absolute Gasteiger partial charge is 1.00 e. The minimum atomic E-state index is 0. The molecule has 1 N–H and O–H groups in total. The molecule has 47 heavy (non-hydrogen) atoms. The van der Waals surface area contributed by atoms with Crippen LogP contribution in [0.5, 0.6) is 0 Å². The van der Waals surface area contributed by atoms with E-state index in [1.807, 2.05) is 0 Å². The predicted octanol–water partition coefficient (Wildman–Crippen LogP) is 12.9. The number of esters is 1. The zero-order valence-electron chi connectivity index (χ0n) is 32.2. The van der Waals surface area contributed by atoms with Crippen LogP contribution >= 0.6 is 0 Å². The Morgan fingerprint density at radius 1 is 0.553 bits per heavy atom. The molecule has 0 unspecified atom stereocenters. The molecule has 5 heteroatoms. The molecule has 0 atom stereocenters. The van der Waals surface area contributed by atoms with Gasteiger partial charge in [-0.05, 0) is 58.0 Å². The molecule has 0 aliphatic heterocycles. The van der Waals surface area contributed by atoms with E-state index in [0.717, 1.165) is 51.7 Å². The molecule has 0 aromatic heterocycles. The topological polar surface area (TPSA) is 49.8 Å². The summed E-state index contributed by atoms with van der Waals surface area (Å²) < 4.78 is 6.03. The summed E-state index contributed by atoms with van der Waals surface area (Å²) in [6.45, 7) is 10.3. The molecule has 4 nitrogen and oxygen atoms in total. The van der Waals surface area contributed by atoms with Gasteiger partial charge in [0.05, 0.1) is 0 Å². The quantitative estimate of drug-likeness (QED) is 0.0381. The molecule has 283 valence electrons. The van der Waals surface area contributed by atoms with Crippen molar-refractivity contribution >= 4 is 5.97 Å². The molecule has 0 saturated heterocycles. The van der Waals surface area contributed by atoms with E-state index >= 15 is 0 Å². The molecule has 0 bridgehead atoms. The second-order valence-corrected chi connectivity index (χ2v) is 14.4. The predicted molar refractivity (Wildman–Crippen MR) is 202 cm³/mol. The molecule has 0 aliphatic rings. The van der Waals surface area contributed by atoms with Gasteiger partial charge in [0.25, 0.3) is 0 Å². The van der Waals surface area contributed by atoms with Crippen LogP contribution < -0.4 is 0 Å². The summed E-state index contributed by atoms with van der Waals surface area (Å²) in [5, 5.41) is 9.35. The number of aliphatic hydroxyl groups excluding tert-OH is 1. The van der Waals surface area contributed by atoms with Crippen LogP contribution in [0.4, 0.5) is 0 Å². The Morgan fingerprint density at radius 2 is 0.957 bits per heavy atom. The number of carbonyl (C=O) groups excluding carboxylic acids is 1. The third kappa shape index (κ3) is 38.7. The first-order valence-corrected chi connectivity index (χ1v) is 21.0. The normalized spacial score (nSPS) is 11.4. The Labute approximate surface area is 309 Å². The summed E-state index contributed by atoms with van der Waals surface area (Å²) in [6, 6.07) is 0. The fraction of sp³-hybridized carbons (Fsp3) is 0.952. The van der Waals surface area contributed by atoms with Gasteiger partial charge in [-0.25, -0.2) is 0 Å². The molecule has 0 saturated carbocycles. The van der Waals surface area contributed by atoms with Gasteiger partial charge in [0.1, 0.15) is 6.10 Å². The van der Waals surface area contributed by atoms with Crippen LogP contribution in [0.15, 0.2) is 0 Å². The van der Waals surface area contributed by atoms with Crippen molar-refractivity contribution in [2.75, 3.05) is 26.2 Å². The first kappa shape index (κ1) is 49.1. The Bertz CT molecular complexity index is 574. The van der Waals surface area contributed by atoms with Gasteiger partial charge in [-0.2, -0.15) is 6.42 Å². The third-order valence-electron chi connectivity index (χ3n) is 9.69. The zero-order valence-corrected chi connectivity index (χ0v) is 34.7. The average molecular weight is 841 g/mol. The number of carbonyl (C=O) groups is 1. The van der Waals surface area contributed by atoms with Crippen molar-refractivity contribution in [3.63, 3.8) is 0 Å². The molecule has 0 spiro atoms. The van der Waals surface area contributed by atoms with Crippen LogP contribution in [0.25, 0.3) is 0 Å². The smallest absolute Gasteiger partial charge is 0.462 e. The molecule has 1 radical (unpaired) electrons. The third-order valence-corrected chi connectivity index (χ3v) is 9.69. The van der Waals surface area contributed by atoms with E-state index in [4.69, 9.17) is 4.74 Å². The van der Waals surface area contributed by atoms with E-state index in [9.17, 15) is 9.90 Å². The first-order valence-electron chi connectivity index (χ1n) is 21.0. The molecular formula is C42H84NO3Os. The first-order chi connectivity index (χ1) is 22.7. The van der Waals surface area contributed by atoms with Crippen LogP contribution in [0.1, 0.15) is 226 Å². The van der Waals surface area contributed by atoms with Crippen LogP contribution in [-0.4, -0.2) is 48.3 Å². The number of ether oxygens (including phenoxy) is 1. The van der Waals surface area contributed by atoms with Crippen molar-refractivity contribution in [3.05, 3.63) is 6.42 Å². The van der Waals surface area contributed by atoms with Crippen LogP contribution in [0.2, 0.25) is 0 Å². The summed E-state index contributed by atoms with van der Waals surface area (Å²) in [6.07, 6.45) is 42.6. The van der Waals surface area contributed by atoms with Crippen molar-refractivity contribution in [2.45, 2.75) is 232 Å². The summed E-state index contributed by atoms with van der Waals surface area (Å²) in [5.74, 6) is 0.0371. The fourth-order valence-corrected chi connectivity index (χ4v) is 6.59. The van der Waals surface area contributed by atoms with Crippen LogP contribution in [0.3, 0.4) is 0 Å². The van der Waals surface area contributed by atoms with E-state index in [-0.39, 0.29) is 38.5 Å². The van der Waals surface area contributed by atoms with E-state index in [1.165, 1.54) is 167 Å². The zero-order chi connectivity index (χ0) is 33.6. The number of hydrogen-bond acceptors (Lipinski definition) is 4. The maximum absolute atomic E-state index is 12.7. The minimum absolute atomic E-state index is 0. The fourth-order valence-electron chi connectivity index (χ4n) is 6.59. The number of nitrogens with zero attached hydrogens (tertiary/aromatic N) is 1. The maximum atomic E-state index is 12.7. The van der Waals surface area contributed by atoms with E-state index in [2.05, 4.69) is 32.1 Å².